The van der Waals surface area contributed by atoms with Crippen LogP contribution in [0.4, 0.5) is 5.69 Å². The molecule has 5 aromatic rings. The molecule has 0 spiro atoms. The number of aromatic nitrogens is 7. The minimum absolute atomic E-state index is 0.206. The molecule has 0 saturated heterocycles. The SMILES string of the molecule is CN(C)C(=O)c1cncc2[nH]c(-c3n[nH]c4ncc(-c5cncc(NS(C)(=O)=O)c5)cc34)nc12. The molecule has 0 saturated carbocycles. The van der Waals surface area contributed by atoms with Crippen molar-refractivity contribution < 1.29 is 13.2 Å². The van der Waals surface area contributed by atoms with Crippen LogP contribution in [0.3, 0.4) is 0 Å². The lowest BCUT2D eigenvalue weighted by atomic mass is 10.1. The molecule has 5 heterocycles. The lowest BCUT2D eigenvalue weighted by molar-refractivity contribution is 0.0829. The quantitative estimate of drug-likeness (QED) is 0.346. The molecule has 0 atom stereocenters. The third kappa shape index (κ3) is 3.92. The Morgan fingerprint density at radius 3 is 2.56 bits per heavy atom. The second-order valence-electron chi connectivity index (χ2n) is 7.90. The normalized spacial score (nSPS) is 11.7. The highest BCUT2D eigenvalue weighted by Crippen LogP contribution is 2.30. The number of anilines is 1. The molecule has 172 valence electrons. The molecule has 1 amide bonds. The zero-order chi connectivity index (χ0) is 24.0. The van der Waals surface area contributed by atoms with Crippen LogP contribution in [0.25, 0.3) is 44.7 Å². The number of sulfonamides is 1. The van der Waals surface area contributed by atoms with Crippen LogP contribution in [0.2, 0.25) is 0 Å². The standard InChI is InChI=1S/C21H19N9O3S/c1-30(2)21(31)15-9-23-10-16-17(15)26-20(25-16)18-14-5-12(7-24-19(14)28-27-18)11-4-13(8-22-6-11)29-34(3,32)33/h4-10,29H,1-3H3,(H,25,26)(H,24,27,28). The molecule has 0 unspecified atom stereocenters. The van der Waals surface area contributed by atoms with Gasteiger partial charge in [-0.2, -0.15) is 5.10 Å². The number of aromatic amines is 2. The van der Waals surface area contributed by atoms with E-state index in [0.717, 1.165) is 6.26 Å². The summed E-state index contributed by atoms with van der Waals surface area (Å²) in [6, 6.07) is 3.53. The second kappa shape index (κ2) is 7.88. The van der Waals surface area contributed by atoms with Crippen LogP contribution < -0.4 is 4.72 Å². The van der Waals surface area contributed by atoms with Gasteiger partial charge in [-0.05, 0) is 12.1 Å². The smallest absolute Gasteiger partial charge is 0.257 e. The molecule has 5 aromatic heterocycles. The number of H-pyrrole nitrogens is 2. The number of hydrogen-bond acceptors (Lipinski definition) is 8. The van der Waals surface area contributed by atoms with Gasteiger partial charge < -0.3 is 9.88 Å². The van der Waals surface area contributed by atoms with E-state index in [4.69, 9.17) is 0 Å². The Labute approximate surface area is 193 Å². The van der Waals surface area contributed by atoms with Gasteiger partial charge in [0, 0.05) is 43.8 Å². The molecule has 3 N–H and O–H groups in total. The van der Waals surface area contributed by atoms with Gasteiger partial charge in [-0.1, -0.05) is 0 Å². The largest absolute Gasteiger partial charge is 0.345 e. The van der Waals surface area contributed by atoms with Crippen molar-refractivity contribution in [1.82, 2.24) is 40.0 Å². The summed E-state index contributed by atoms with van der Waals surface area (Å²) in [6.07, 6.45) is 8.84. The summed E-state index contributed by atoms with van der Waals surface area (Å²) in [5.41, 5.74) is 4.26. The number of carbonyl (C=O) groups excluding carboxylic acids is 1. The third-order valence-electron chi connectivity index (χ3n) is 5.05. The molecule has 12 nitrogen and oxygen atoms in total. The monoisotopic (exact) mass is 477 g/mol. The molecule has 0 aliphatic rings. The van der Waals surface area contributed by atoms with Gasteiger partial charge in [-0.25, -0.2) is 18.4 Å². The van der Waals surface area contributed by atoms with E-state index in [9.17, 15) is 13.2 Å². The van der Waals surface area contributed by atoms with Crippen molar-refractivity contribution in [3.05, 3.63) is 48.7 Å². The highest BCUT2D eigenvalue weighted by Gasteiger charge is 2.19. The van der Waals surface area contributed by atoms with Gasteiger partial charge in [0.05, 0.1) is 40.8 Å². The number of nitrogens with zero attached hydrogens (tertiary/aromatic N) is 6. The van der Waals surface area contributed by atoms with Gasteiger partial charge in [-0.3, -0.25) is 24.6 Å². The Balaban J connectivity index is 1.60. The number of imidazole rings is 1. The van der Waals surface area contributed by atoms with Gasteiger partial charge in [-0.15, -0.1) is 0 Å². The van der Waals surface area contributed by atoms with Gasteiger partial charge in [0.25, 0.3) is 5.91 Å². The van der Waals surface area contributed by atoms with Crippen molar-refractivity contribution in [2.75, 3.05) is 25.1 Å². The fourth-order valence-corrected chi connectivity index (χ4v) is 4.09. The van der Waals surface area contributed by atoms with E-state index in [1.165, 1.54) is 17.3 Å². The van der Waals surface area contributed by atoms with Crippen molar-refractivity contribution in [2.45, 2.75) is 0 Å². The van der Waals surface area contributed by atoms with Crippen molar-refractivity contribution in [2.24, 2.45) is 0 Å². The van der Waals surface area contributed by atoms with E-state index >= 15 is 0 Å². The van der Waals surface area contributed by atoms with Crippen molar-refractivity contribution in [1.29, 1.82) is 0 Å². The van der Waals surface area contributed by atoms with E-state index < -0.39 is 10.0 Å². The number of fused-ring (bicyclic) bond motifs is 2. The van der Waals surface area contributed by atoms with Crippen LogP contribution in [0.15, 0.2) is 43.1 Å². The van der Waals surface area contributed by atoms with E-state index in [0.29, 0.717) is 56.0 Å². The summed E-state index contributed by atoms with van der Waals surface area (Å²) in [4.78, 5) is 34.5. The third-order valence-corrected chi connectivity index (χ3v) is 5.65. The first-order valence-electron chi connectivity index (χ1n) is 10.0. The molecule has 0 aliphatic heterocycles. The summed E-state index contributed by atoms with van der Waals surface area (Å²) in [6.45, 7) is 0. The Bertz CT molecular complexity index is 1670. The number of pyridine rings is 3. The predicted molar refractivity (Wildman–Crippen MR) is 126 cm³/mol. The molecular formula is C21H19N9O3S. The van der Waals surface area contributed by atoms with Crippen molar-refractivity contribution in [3.63, 3.8) is 0 Å². The fourth-order valence-electron chi connectivity index (χ4n) is 3.55. The van der Waals surface area contributed by atoms with Crippen LogP contribution in [0.5, 0.6) is 0 Å². The highest BCUT2D eigenvalue weighted by molar-refractivity contribution is 7.92. The molecule has 0 aromatic carbocycles. The summed E-state index contributed by atoms with van der Waals surface area (Å²) < 4.78 is 25.5. The van der Waals surface area contributed by atoms with Crippen molar-refractivity contribution >= 4 is 43.7 Å². The van der Waals surface area contributed by atoms with E-state index in [2.05, 4.69) is 39.8 Å². The average Bonchev–Trinajstić information content (AvgIpc) is 3.40. The lowest BCUT2D eigenvalue weighted by Crippen LogP contribution is -2.22. The van der Waals surface area contributed by atoms with Gasteiger partial charge in [0.2, 0.25) is 10.0 Å². The van der Waals surface area contributed by atoms with Crippen LogP contribution in [-0.2, 0) is 10.0 Å². The second-order valence-corrected chi connectivity index (χ2v) is 9.65. The molecule has 13 heteroatoms. The Hall–Kier alpha value is -4.39. The zero-order valence-corrected chi connectivity index (χ0v) is 19.2. The number of carbonyl (C=O) groups is 1. The minimum atomic E-state index is -3.44. The predicted octanol–water partition coefficient (Wildman–Crippen LogP) is 2.03. The first-order valence-corrected chi connectivity index (χ1v) is 11.9. The van der Waals surface area contributed by atoms with Crippen LogP contribution in [0, 0.1) is 0 Å². The van der Waals surface area contributed by atoms with E-state index in [-0.39, 0.29) is 5.91 Å². The molecule has 0 fully saturated rings. The highest BCUT2D eigenvalue weighted by atomic mass is 32.2. The molecule has 0 bridgehead atoms. The molecule has 5 rings (SSSR count). The first kappa shape index (κ1) is 21.5. The van der Waals surface area contributed by atoms with Crippen LogP contribution in [-0.4, -0.2) is 74.7 Å². The topological polar surface area (TPSA) is 163 Å². The summed E-state index contributed by atoms with van der Waals surface area (Å²) in [7, 11) is -0.107. The maximum atomic E-state index is 12.5. The fraction of sp³-hybridized carbons (Fsp3) is 0.143. The Morgan fingerprint density at radius 2 is 1.79 bits per heavy atom. The van der Waals surface area contributed by atoms with E-state index in [1.54, 1.807) is 38.8 Å². The molecule has 0 radical (unpaired) electrons. The average molecular weight is 478 g/mol. The minimum Gasteiger partial charge on any atom is -0.345 e. The Morgan fingerprint density at radius 1 is 1.03 bits per heavy atom. The number of amides is 1. The first-order chi connectivity index (χ1) is 16.2. The van der Waals surface area contributed by atoms with Gasteiger partial charge in [0.15, 0.2) is 11.5 Å². The van der Waals surface area contributed by atoms with Gasteiger partial charge >= 0.3 is 0 Å². The maximum Gasteiger partial charge on any atom is 0.257 e. The maximum absolute atomic E-state index is 12.5. The summed E-state index contributed by atoms with van der Waals surface area (Å²) in [5.74, 6) is 0.244. The van der Waals surface area contributed by atoms with Crippen LogP contribution >= 0.6 is 0 Å². The van der Waals surface area contributed by atoms with Crippen LogP contribution in [0.1, 0.15) is 10.4 Å². The zero-order valence-electron chi connectivity index (χ0n) is 18.4. The Kier molecular flexibility index (Phi) is 4.97. The molecule has 0 aliphatic carbocycles. The number of rotatable bonds is 5. The summed E-state index contributed by atoms with van der Waals surface area (Å²) >= 11 is 0. The van der Waals surface area contributed by atoms with E-state index in [1.807, 2.05) is 6.07 Å². The molecule has 34 heavy (non-hydrogen) atoms. The lowest BCUT2D eigenvalue weighted by Gasteiger charge is -2.09. The summed E-state index contributed by atoms with van der Waals surface area (Å²) in [5, 5.41) is 7.94. The number of nitrogens with one attached hydrogen (secondary N) is 3. The van der Waals surface area contributed by atoms with Crippen molar-refractivity contribution in [3.8, 4) is 22.6 Å². The molecular weight excluding hydrogens is 458 g/mol. The van der Waals surface area contributed by atoms with Gasteiger partial charge in [0.1, 0.15) is 11.2 Å². The number of hydrogen-bond donors (Lipinski definition) is 3.